The van der Waals surface area contributed by atoms with E-state index in [0.29, 0.717) is 48.0 Å². The molecule has 0 atom stereocenters. The van der Waals surface area contributed by atoms with Crippen LogP contribution in [0, 0.1) is 5.82 Å². The number of aliphatic hydroxyl groups is 1. The lowest BCUT2D eigenvalue weighted by Gasteiger charge is -2.30. The van der Waals surface area contributed by atoms with Gasteiger partial charge in [0, 0.05) is 42.3 Å². The van der Waals surface area contributed by atoms with Gasteiger partial charge in [0.05, 0.1) is 22.9 Å². The molecule has 2 N–H and O–H groups in total. The SMILES string of the molecule is CC(C)c1cnc(-c2cc(Cl)ccc2F)nc1Nc1ccncc1C(=O)N1CCC(O)CC1. The molecular formula is C24H25ClFN5O2. The van der Waals surface area contributed by atoms with Crippen molar-refractivity contribution in [1.29, 1.82) is 0 Å². The summed E-state index contributed by atoms with van der Waals surface area (Å²) in [7, 11) is 0. The molecule has 1 aliphatic rings. The largest absolute Gasteiger partial charge is 0.393 e. The van der Waals surface area contributed by atoms with E-state index in [9.17, 15) is 14.3 Å². The van der Waals surface area contributed by atoms with Gasteiger partial charge in [-0.05, 0) is 43.0 Å². The summed E-state index contributed by atoms with van der Waals surface area (Å²) in [6.45, 7) is 4.97. The van der Waals surface area contributed by atoms with Crippen molar-refractivity contribution in [2.45, 2.75) is 38.7 Å². The fraction of sp³-hybridized carbons (Fsp3) is 0.333. The highest BCUT2D eigenvalue weighted by Crippen LogP contribution is 2.31. The molecule has 3 aromatic rings. The lowest BCUT2D eigenvalue weighted by atomic mass is 10.0. The number of piperidine rings is 1. The van der Waals surface area contributed by atoms with Gasteiger partial charge in [-0.15, -0.1) is 0 Å². The van der Waals surface area contributed by atoms with Crippen molar-refractivity contribution in [3.05, 3.63) is 64.8 Å². The minimum atomic E-state index is -0.477. The number of benzene rings is 1. The summed E-state index contributed by atoms with van der Waals surface area (Å²) in [5.74, 6) is 0.0985. The zero-order chi connectivity index (χ0) is 23.5. The molecule has 172 valence electrons. The summed E-state index contributed by atoms with van der Waals surface area (Å²) in [6.07, 6.45) is 5.49. The van der Waals surface area contributed by atoms with Crippen LogP contribution in [0.2, 0.25) is 5.02 Å². The molecule has 1 aromatic carbocycles. The zero-order valence-corrected chi connectivity index (χ0v) is 19.2. The fourth-order valence-electron chi connectivity index (χ4n) is 3.75. The van der Waals surface area contributed by atoms with E-state index in [-0.39, 0.29) is 29.3 Å². The number of nitrogens with one attached hydrogen (secondary N) is 1. The number of halogens is 2. The number of aliphatic hydroxyl groups excluding tert-OH is 1. The van der Waals surface area contributed by atoms with E-state index < -0.39 is 5.82 Å². The minimum absolute atomic E-state index is 0.0790. The Morgan fingerprint density at radius 3 is 2.73 bits per heavy atom. The predicted molar refractivity (Wildman–Crippen MR) is 125 cm³/mol. The van der Waals surface area contributed by atoms with Gasteiger partial charge in [-0.3, -0.25) is 9.78 Å². The molecule has 0 unspecified atom stereocenters. The van der Waals surface area contributed by atoms with Gasteiger partial charge in [-0.1, -0.05) is 25.4 Å². The first-order valence-corrected chi connectivity index (χ1v) is 11.2. The second kappa shape index (κ2) is 9.80. The average molecular weight is 470 g/mol. The van der Waals surface area contributed by atoms with Gasteiger partial charge in [0.25, 0.3) is 5.91 Å². The van der Waals surface area contributed by atoms with Crippen molar-refractivity contribution >= 4 is 29.0 Å². The van der Waals surface area contributed by atoms with Crippen LogP contribution in [-0.2, 0) is 0 Å². The van der Waals surface area contributed by atoms with Crippen LogP contribution in [0.15, 0.2) is 42.9 Å². The molecule has 0 bridgehead atoms. The van der Waals surface area contributed by atoms with E-state index in [1.54, 1.807) is 23.4 Å². The first-order chi connectivity index (χ1) is 15.8. The third-order valence-corrected chi connectivity index (χ3v) is 5.90. The lowest BCUT2D eigenvalue weighted by molar-refractivity contribution is 0.0547. The van der Waals surface area contributed by atoms with Gasteiger partial charge < -0.3 is 15.3 Å². The Kier molecular flexibility index (Phi) is 6.85. The van der Waals surface area contributed by atoms with Crippen molar-refractivity contribution in [3.8, 4) is 11.4 Å². The van der Waals surface area contributed by atoms with Crippen molar-refractivity contribution in [2.75, 3.05) is 18.4 Å². The predicted octanol–water partition coefficient (Wildman–Crippen LogP) is 4.80. The molecule has 1 fully saturated rings. The molecule has 1 aliphatic heterocycles. The molecule has 0 aliphatic carbocycles. The fourth-order valence-corrected chi connectivity index (χ4v) is 3.93. The number of carbonyl (C=O) groups is 1. The maximum atomic E-state index is 14.4. The molecule has 33 heavy (non-hydrogen) atoms. The Hall–Kier alpha value is -3.10. The Bertz CT molecular complexity index is 1170. The van der Waals surface area contributed by atoms with E-state index >= 15 is 0 Å². The van der Waals surface area contributed by atoms with Gasteiger partial charge >= 0.3 is 0 Å². The number of aromatic nitrogens is 3. The Morgan fingerprint density at radius 2 is 2.00 bits per heavy atom. The molecule has 0 spiro atoms. The summed E-state index contributed by atoms with van der Waals surface area (Å²) in [6, 6.07) is 5.94. The van der Waals surface area contributed by atoms with Crippen molar-refractivity contribution in [2.24, 2.45) is 0 Å². The second-order valence-electron chi connectivity index (χ2n) is 8.35. The molecule has 3 heterocycles. The summed E-state index contributed by atoms with van der Waals surface area (Å²) in [5.41, 5.74) is 1.95. The van der Waals surface area contributed by atoms with Crippen LogP contribution in [0.3, 0.4) is 0 Å². The van der Waals surface area contributed by atoms with E-state index in [1.807, 2.05) is 13.8 Å². The number of hydrogen-bond donors (Lipinski definition) is 2. The maximum Gasteiger partial charge on any atom is 0.257 e. The van der Waals surface area contributed by atoms with Crippen LogP contribution in [-0.4, -0.2) is 50.1 Å². The molecule has 1 amide bonds. The topological polar surface area (TPSA) is 91.2 Å². The van der Waals surface area contributed by atoms with Crippen molar-refractivity contribution < 1.29 is 14.3 Å². The van der Waals surface area contributed by atoms with Gasteiger partial charge in [-0.25, -0.2) is 14.4 Å². The van der Waals surface area contributed by atoms with Crippen molar-refractivity contribution in [3.63, 3.8) is 0 Å². The molecule has 7 nitrogen and oxygen atoms in total. The van der Waals surface area contributed by atoms with Crippen LogP contribution in [0.1, 0.15) is 48.5 Å². The summed E-state index contributed by atoms with van der Waals surface area (Å²) in [5, 5.41) is 13.4. The molecule has 1 saturated heterocycles. The van der Waals surface area contributed by atoms with Crippen LogP contribution in [0.25, 0.3) is 11.4 Å². The van der Waals surface area contributed by atoms with Crippen molar-refractivity contribution in [1.82, 2.24) is 19.9 Å². The number of carbonyl (C=O) groups excluding carboxylic acids is 1. The second-order valence-corrected chi connectivity index (χ2v) is 8.78. The highest BCUT2D eigenvalue weighted by atomic mass is 35.5. The molecule has 4 rings (SSSR count). The monoisotopic (exact) mass is 469 g/mol. The van der Waals surface area contributed by atoms with E-state index in [0.717, 1.165) is 5.56 Å². The van der Waals surface area contributed by atoms with Gasteiger partial charge in [-0.2, -0.15) is 0 Å². The third-order valence-electron chi connectivity index (χ3n) is 5.66. The first-order valence-electron chi connectivity index (χ1n) is 10.8. The van der Waals surface area contributed by atoms with E-state index in [1.165, 1.54) is 24.4 Å². The number of anilines is 2. The number of hydrogen-bond acceptors (Lipinski definition) is 6. The lowest BCUT2D eigenvalue weighted by Crippen LogP contribution is -2.40. The average Bonchev–Trinajstić information content (AvgIpc) is 2.81. The molecule has 2 aromatic heterocycles. The summed E-state index contributed by atoms with van der Waals surface area (Å²) in [4.78, 5) is 28.0. The number of likely N-dealkylation sites (tertiary alicyclic amines) is 1. The number of pyridine rings is 1. The Morgan fingerprint density at radius 1 is 1.24 bits per heavy atom. The highest BCUT2D eigenvalue weighted by molar-refractivity contribution is 6.30. The third kappa shape index (κ3) is 5.12. The molecule has 9 heteroatoms. The highest BCUT2D eigenvalue weighted by Gasteiger charge is 2.25. The number of rotatable bonds is 5. The molecular weight excluding hydrogens is 445 g/mol. The van der Waals surface area contributed by atoms with Crippen LogP contribution >= 0.6 is 11.6 Å². The quantitative estimate of drug-likeness (QED) is 0.558. The zero-order valence-electron chi connectivity index (χ0n) is 18.4. The van der Waals surface area contributed by atoms with Crippen LogP contribution in [0.5, 0.6) is 0 Å². The Labute approximate surface area is 196 Å². The number of nitrogens with zero attached hydrogens (tertiary/aromatic N) is 4. The van der Waals surface area contributed by atoms with E-state index in [4.69, 9.17) is 11.6 Å². The van der Waals surface area contributed by atoms with Gasteiger partial charge in [0.15, 0.2) is 5.82 Å². The minimum Gasteiger partial charge on any atom is -0.393 e. The van der Waals surface area contributed by atoms with E-state index in [2.05, 4.69) is 20.3 Å². The van der Waals surface area contributed by atoms with Crippen LogP contribution < -0.4 is 5.32 Å². The smallest absolute Gasteiger partial charge is 0.257 e. The Balaban J connectivity index is 1.70. The standard InChI is InChI=1S/C24H25ClFN5O2/c1-14(2)18-13-28-22(17-11-15(25)3-4-20(17)26)30-23(18)29-21-5-8-27-12-19(21)24(33)31-9-6-16(32)7-10-31/h3-5,8,11-14,16,32H,6-7,9-10H2,1-2H3,(H,27,28,29,30). The van der Waals surface area contributed by atoms with Gasteiger partial charge in [0.2, 0.25) is 0 Å². The molecule has 0 radical (unpaired) electrons. The van der Waals surface area contributed by atoms with Crippen LogP contribution in [0.4, 0.5) is 15.9 Å². The van der Waals surface area contributed by atoms with Gasteiger partial charge in [0.1, 0.15) is 11.6 Å². The first kappa shape index (κ1) is 23.1. The summed E-state index contributed by atoms with van der Waals surface area (Å²) < 4.78 is 14.4. The number of amides is 1. The molecule has 0 saturated carbocycles. The summed E-state index contributed by atoms with van der Waals surface area (Å²) >= 11 is 6.05. The maximum absolute atomic E-state index is 14.4. The normalized spacial score (nSPS) is 14.5.